The summed E-state index contributed by atoms with van der Waals surface area (Å²) in [5.41, 5.74) is 3.42. The van der Waals surface area contributed by atoms with Crippen LogP contribution in [-0.4, -0.2) is 85.6 Å². The molecule has 0 spiro atoms. The van der Waals surface area contributed by atoms with E-state index >= 15 is 0 Å². The Kier molecular flexibility index (Phi) is 10.5. The van der Waals surface area contributed by atoms with Gasteiger partial charge in [-0.1, -0.05) is 43.0 Å². The predicted octanol–water partition coefficient (Wildman–Crippen LogP) is 4.28. The normalized spacial score (nSPS) is 16.5. The third kappa shape index (κ3) is 7.33. The Hall–Kier alpha value is -4.16. The van der Waals surface area contributed by atoms with Gasteiger partial charge >= 0.3 is 6.01 Å². The molecular weight excluding hydrogens is 514 g/mol. The van der Waals surface area contributed by atoms with Crippen LogP contribution in [0, 0.1) is 11.3 Å². The Morgan fingerprint density at radius 3 is 2.29 bits per heavy atom. The van der Waals surface area contributed by atoms with Crippen molar-refractivity contribution in [2.45, 2.75) is 32.7 Å². The molecular formula is C32H41N7O2. The summed E-state index contributed by atoms with van der Waals surface area (Å²) in [7, 11) is 3.78. The van der Waals surface area contributed by atoms with Crippen molar-refractivity contribution in [1.29, 1.82) is 5.26 Å². The van der Waals surface area contributed by atoms with E-state index in [1.54, 1.807) is 13.2 Å². The van der Waals surface area contributed by atoms with E-state index in [1.807, 2.05) is 4.90 Å². The Morgan fingerprint density at radius 1 is 0.976 bits per heavy atom. The number of rotatable bonds is 4. The zero-order chi connectivity index (χ0) is 29.2. The number of methoxy groups -OCH3 is 1. The summed E-state index contributed by atoms with van der Waals surface area (Å²) < 4.78 is 5.45. The van der Waals surface area contributed by atoms with Crippen LogP contribution in [0.15, 0.2) is 55.1 Å². The molecule has 3 aliphatic rings. The molecule has 6 rings (SSSR count). The molecule has 0 N–H and O–H groups in total. The molecule has 0 atom stereocenters. The van der Waals surface area contributed by atoms with Gasteiger partial charge in [-0.2, -0.15) is 15.2 Å². The highest BCUT2D eigenvalue weighted by atomic mass is 16.5. The van der Waals surface area contributed by atoms with Crippen molar-refractivity contribution in [3.05, 3.63) is 66.4 Å². The minimum atomic E-state index is -0.0160. The number of likely N-dealkylation sites (tertiary alicyclic amines) is 1. The fourth-order valence-electron chi connectivity index (χ4n) is 5.57. The van der Waals surface area contributed by atoms with E-state index in [4.69, 9.17) is 20.0 Å². The van der Waals surface area contributed by atoms with Gasteiger partial charge in [-0.25, -0.2) is 0 Å². The summed E-state index contributed by atoms with van der Waals surface area (Å²) in [6, 6.07) is 17.1. The molecule has 2 fully saturated rings. The van der Waals surface area contributed by atoms with Crippen LogP contribution >= 0.6 is 0 Å². The average molecular weight is 556 g/mol. The monoisotopic (exact) mass is 555 g/mol. The molecule has 0 saturated carbocycles. The SMILES string of the molecule is C=CC(=O)N1CCN(c2nc(OC)nc3c2CCN(c2cccc4ccccc24)C3)CC1.CC#N.CN1CCCC1. The van der Waals surface area contributed by atoms with Gasteiger partial charge in [-0.3, -0.25) is 4.79 Å². The Labute approximate surface area is 243 Å². The number of amides is 1. The fourth-order valence-corrected chi connectivity index (χ4v) is 5.57. The van der Waals surface area contributed by atoms with Gasteiger partial charge in [0, 0.05) is 56.3 Å². The first-order valence-corrected chi connectivity index (χ1v) is 14.3. The molecule has 0 bridgehead atoms. The summed E-state index contributed by atoms with van der Waals surface area (Å²) in [6.07, 6.45) is 5.07. The van der Waals surface area contributed by atoms with Crippen LogP contribution in [0.25, 0.3) is 10.8 Å². The minimum absolute atomic E-state index is 0.0160. The second kappa shape index (κ2) is 14.5. The fraction of sp³-hybridized carbons (Fsp3) is 0.438. The number of carbonyl (C=O) groups excluding carboxylic acids is 1. The second-order valence-electron chi connectivity index (χ2n) is 10.4. The molecule has 3 aromatic rings. The van der Waals surface area contributed by atoms with Crippen molar-refractivity contribution in [3.63, 3.8) is 0 Å². The summed E-state index contributed by atoms with van der Waals surface area (Å²) in [6.45, 7) is 12.1. The molecule has 2 aromatic carbocycles. The first-order valence-electron chi connectivity index (χ1n) is 14.3. The van der Waals surface area contributed by atoms with Crippen LogP contribution in [0.5, 0.6) is 6.01 Å². The van der Waals surface area contributed by atoms with E-state index in [0.29, 0.717) is 25.6 Å². The molecule has 3 aliphatic heterocycles. The number of hydrogen-bond donors (Lipinski definition) is 0. The Balaban J connectivity index is 0.000000372. The van der Waals surface area contributed by atoms with Crippen LogP contribution in [0.1, 0.15) is 31.0 Å². The van der Waals surface area contributed by atoms with Crippen molar-refractivity contribution in [1.82, 2.24) is 19.8 Å². The zero-order valence-electron chi connectivity index (χ0n) is 24.6. The van der Waals surface area contributed by atoms with Gasteiger partial charge in [0.2, 0.25) is 5.91 Å². The van der Waals surface area contributed by atoms with Gasteiger partial charge in [0.25, 0.3) is 0 Å². The second-order valence-corrected chi connectivity index (χ2v) is 10.4. The first-order chi connectivity index (χ1) is 20.0. The van der Waals surface area contributed by atoms with Crippen LogP contribution < -0.4 is 14.5 Å². The lowest BCUT2D eigenvalue weighted by Gasteiger charge is -2.38. The maximum absolute atomic E-state index is 11.9. The van der Waals surface area contributed by atoms with Gasteiger partial charge in [0.1, 0.15) is 5.82 Å². The molecule has 0 radical (unpaired) electrons. The smallest absolute Gasteiger partial charge is 0.318 e. The number of anilines is 2. The van der Waals surface area contributed by atoms with Crippen LogP contribution in [-0.2, 0) is 17.8 Å². The Bertz CT molecular complexity index is 1370. The summed E-state index contributed by atoms with van der Waals surface area (Å²) >= 11 is 0. The number of aromatic nitrogens is 2. The van der Waals surface area contributed by atoms with Crippen molar-refractivity contribution in [2.75, 3.05) is 69.8 Å². The third-order valence-corrected chi connectivity index (χ3v) is 7.71. The van der Waals surface area contributed by atoms with Gasteiger partial charge < -0.3 is 24.3 Å². The predicted molar refractivity (Wildman–Crippen MR) is 164 cm³/mol. The van der Waals surface area contributed by atoms with E-state index in [-0.39, 0.29) is 5.91 Å². The lowest BCUT2D eigenvalue weighted by molar-refractivity contribution is -0.126. The van der Waals surface area contributed by atoms with Gasteiger partial charge in [0.05, 0.1) is 25.4 Å². The van der Waals surface area contributed by atoms with Crippen LogP contribution in [0.3, 0.4) is 0 Å². The lowest BCUT2D eigenvalue weighted by Crippen LogP contribution is -2.49. The summed E-state index contributed by atoms with van der Waals surface area (Å²) in [4.78, 5) is 30.2. The summed E-state index contributed by atoms with van der Waals surface area (Å²) in [5, 5.41) is 9.81. The van der Waals surface area contributed by atoms with Crippen molar-refractivity contribution in [3.8, 4) is 12.1 Å². The van der Waals surface area contributed by atoms with E-state index in [9.17, 15) is 4.79 Å². The standard InChI is InChI=1S/C25H27N5O2.C5H11N.C2H3N/c1-3-23(31)28-13-15-29(16-14-28)24-20-11-12-30(17-21(20)26-25(27-24)32-2)22-10-6-8-18-7-4-5-9-19(18)22;1-6-4-2-3-5-6;1-2-3/h3-10H,1,11-17H2,2H3;2-5H2,1H3;1H3. The maximum Gasteiger partial charge on any atom is 0.318 e. The largest absolute Gasteiger partial charge is 0.467 e. The molecule has 4 heterocycles. The molecule has 1 amide bonds. The van der Waals surface area contributed by atoms with Crippen molar-refractivity contribution >= 4 is 28.2 Å². The van der Waals surface area contributed by atoms with Crippen LogP contribution in [0.2, 0.25) is 0 Å². The number of ether oxygens (including phenoxy) is 1. The molecule has 1 aromatic heterocycles. The molecule has 0 aliphatic carbocycles. The number of carbonyl (C=O) groups is 1. The van der Waals surface area contributed by atoms with E-state index < -0.39 is 0 Å². The van der Waals surface area contributed by atoms with Gasteiger partial charge in [-0.15, -0.1) is 0 Å². The number of piperazine rings is 1. The highest BCUT2D eigenvalue weighted by molar-refractivity contribution is 5.94. The molecule has 2 saturated heterocycles. The number of fused-ring (bicyclic) bond motifs is 2. The van der Waals surface area contributed by atoms with E-state index in [0.717, 1.165) is 37.6 Å². The quantitative estimate of drug-likeness (QED) is 0.441. The minimum Gasteiger partial charge on any atom is -0.467 e. The molecule has 41 heavy (non-hydrogen) atoms. The van der Waals surface area contributed by atoms with E-state index in [2.05, 4.69) is 70.8 Å². The topological polar surface area (TPSA) is 88.8 Å². The lowest BCUT2D eigenvalue weighted by atomic mass is 10.0. The highest BCUT2D eigenvalue weighted by Gasteiger charge is 2.28. The van der Waals surface area contributed by atoms with E-state index in [1.165, 1.54) is 61.0 Å². The average Bonchev–Trinajstić information content (AvgIpc) is 3.51. The number of nitrogens with zero attached hydrogens (tertiary/aromatic N) is 7. The molecule has 216 valence electrons. The first kappa shape index (κ1) is 29.8. The molecule has 9 heteroatoms. The number of benzene rings is 2. The maximum atomic E-state index is 11.9. The zero-order valence-corrected chi connectivity index (χ0v) is 24.6. The summed E-state index contributed by atoms with van der Waals surface area (Å²) in [5.74, 6) is 0.924. The Morgan fingerprint density at radius 2 is 1.66 bits per heavy atom. The molecule has 9 nitrogen and oxygen atoms in total. The molecule has 0 unspecified atom stereocenters. The van der Waals surface area contributed by atoms with Crippen molar-refractivity contribution < 1.29 is 9.53 Å². The van der Waals surface area contributed by atoms with Gasteiger partial charge in [0.15, 0.2) is 0 Å². The number of hydrogen-bond acceptors (Lipinski definition) is 8. The van der Waals surface area contributed by atoms with Crippen molar-refractivity contribution in [2.24, 2.45) is 0 Å². The van der Waals surface area contributed by atoms with Gasteiger partial charge in [-0.05, 0) is 56.9 Å². The third-order valence-electron chi connectivity index (χ3n) is 7.71. The highest BCUT2D eigenvalue weighted by Crippen LogP contribution is 2.34. The van der Waals surface area contributed by atoms with Crippen LogP contribution in [0.4, 0.5) is 11.5 Å². The number of nitriles is 1.